The first-order chi connectivity index (χ1) is 18.8. The smallest absolute Gasteiger partial charge is 0.481 e. The molecule has 5 rings (SSSR count). The van der Waals surface area contributed by atoms with E-state index in [1.54, 1.807) is 11.1 Å². The monoisotopic (exact) mass is 562 g/mol. The Hall–Kier alpha value is -3.67. The fourth-order valence-corrected chi connectivity index (χ4v) is 5.95. The van der Waals surface area contributed by atoms with E-state index in [1.807, 2.05) is 35.4 Å². The minimum atomic E-state index is -5.00. The Morgan fingerprint density at radius 1 is 1.18 bits per heavy atom. The van der Waals surface area contributed by atoms with Gasteiger partial charge in [-0.15, -0.1) is 13.2 Å². The summed E-state index contributed by atoms with van der Waals surface area (Å²) in [6.45, 7) is 6.24. The van der Waals surface area contributed by atoms with Gasteiger partial charge in [0.2, 0.25) is 5.91 Å². The van der Waals surface area contributed by atoms with Gasteiger partial charge in [-0.2, -0.15) is 0 Å². The lowest BCUT2D eigenvalue weighted by Gasteiger charge is -2.40. The third-order valence-electron chi connectivity index (χ3n) is 7.74. The maximum Gasteiger partial charge on any atom is 0.573 e. The van der Waals surface area contributed by atoms with E-state index in [9.17, 15) is 32.3 Å². The number of halogens is 4. The van der Waals surface area contributed by atoms with Crippen molar-refractivity contribution in [2.75, 3.05) is 26.2 Å². The predicted molar refractivity (Wildman–Crippen MR) is 137 cm³/mol. The molecule has 0 unspecified atom stereocenters. The fraction of sp³-hybridized carbons (Fsp3) is 0.464. The standard InChI is InChI=1S/C28H30F4N4O4/c1-27(2)16-35(23(37)15-34-10-7-18(8-11-34)26(38)39)14-21-24(27)19-4-3-9-33-25(19)36(21)13-17-5-6-22(20(29)12-17)40-28(30,31)32/h3-6,9,12,18H,7-8,10-11,13-16H2,1-2H3,(H,38,39). The lowest BCUT2D eigenvalue weighted by molar-refractivity contribution is -0.275. The lowest BCUT2D eigenvalue weighted by Crippen LogP contribution is -2.49. The quantitative estimate of drug-likeness (QED) is 0.444. The van der Waals surface area contributed by atoms with Crippen LogP contribution in [0.5, 0.6) is 5.75 Å². The molecule has 0 saturated carbocycles. The van der Waals surface area contributed by atoms with Gasteiger partial charge < -0.3 is 19.3 Å². The molecule has 8 nitrogen and oxygen atoms in total. The van der Waals surface area contributed by atoms with E-state index < -0.39 is 29.3 Å². The third-order valence-corrected chi connectivity index (χ3v) is 7.74. The van der Waals surface area contributed by atoms with Crippen LogP contribution in [0.15, 0.2) is 36.5 Å². The number of ether oxygens (including phenoxy) is 1. The summed E-state index contributed by atoms with van der Waals surface area (Å²) in [7, 11) is 0. The SMILES string of the molecule is CC1(C)CN(C(=O)CN2CCC(C(=O)O)CC2)Cc2c1c1cccnc1n2Cc1ccc(OC(F)(F)F)c(F)c1. The number of piperidine rings is 1. The second kappa shape index (κ2) is 10.4. The molecule has 0 aliphatic carbocycles. The largest absolute Gasteiger partial charge is 0.573 e. The number of aromatic nitrogens is 2. The van der Waals surface area contributed by atoms with Gasteiger partial charge in [0.1, 0.15) is 5.65 Å². The van der Waals surface area contributed by atoms with Gasteiger partial charge in [-0.05, 0) is 61.3 Å². The second-order valence-electron chi connectivity index (χ2n) is 11.1. The number of pyridine rings is 1. The Morgan fingerprint density at radius 2 is 1.90 bits per heavy atom. The molecule has 12 heteroatoms. The van der Waals surface area contributed by atoms with Crippen LogP contribution in [0, 0.1) is 11.7 Å². The molecule has 1 aromatic carbocycles. The van der Waals surface area contributed by atoms with Crippen molar-refractivity contribution in [2.45, 2.75) is 51.6 Å². The van der Waals surface area contributed by atoms with E-state index in [0.717, 1.165) is 28.8 Å². The zero-order chi connectivity index (χ0) is 28.8. The summed E-state index contributed by atoms with van der Waals surface area (Å²) in [6.07, 6.45) is -2.36. The first kappa shape index (κ1) is 27.9. The van der Waals surface area contributed by atoms with E-state index in [-0.39, 0.29) is 31.5 Å². The first-order valence-electron chi connectivity index (χ1n) is 13.1. The highest BCUT2D eigenvalue weighted by Gasteiger charge is 2.39. The molecule has 1 fully saturated rings. The number of carbonyl (C=O) groups excluding carboxylic acids is 1. The summed E-state index contributed by atoms with van der Waals surface area (Å²) in [5.74, 6) is -3.29. The zero-order valence-corrected chi connectivity index (χ0v) is 22.2. The summed E-state index contributed by atoms with van der Waals surface area (Å²) in [6, 6.07) is 7.12. The van der Waals surface area contributed by atoms with Crippen molar-refractivity contribution in [3.63, 3.8) is 0 Å². The van der Waals surface area contributed by atoms with Gasteiger partial charge in [-0.3, -0.25) is 14.5 Å². The number of hydrogen-bond donors (Lipinski definition) is 1. The molecule has 2 aliphatic rings. The maximum absolute atomic E-state index is 14.5. The normalized spacial score (nSPS) is 18.1. The van der Waals surface area contributed by atoms with Crippen molar-refractivity contribution in [3.05, 3.63) is 59.2 Å². The van der Waals surface area contributed by atoms with Crippen LogP contribution < -0.4 is 4.74 Å². The van der Waals surface area contributed by atoms with Gasteiger partial charge in [0, 0.05) is 35.8 Å². The average molecular weight is 563 g/mol. The number of likely N-dealkylation sites (tertiary alicyclic amines) is 1. The van der Waals surface area contributed by atoms with Gasteiger partial charge >= 0.3 is 12.3 Å². The number of rotatable bonds is 6. The van der Waals surface area contributed by atoms with E-state index in [1.165, 1.54) is 6.07 Å². The molecule has 0 spiro atoms. The summed E-state index contributed by atoms with van der Waals surface area (Å²) >= 11 is 0. The molecule has 2 aromatic heterocycles. The zero-order valence-electron chi connectivity index (χ0n) is 22.2. The molecular formula is C28H30F4N4O4. The molecule has 0 radical (unpaired) electrons. The molecular weight excluding hydrogens is 532 g/mol. The number of benzene rings is 1. The lowest BCUT2D eigenvalue weighted by atomic mass is 9.79. The maximum atomic E-state index is 14.5. The van der Waals surface area contributed by atoms with Gasteiger partial charge in [-0.25, -0.2) is 9.37 Å². The number of fused-ring (bicyclic) bond motifs is 3. The van der Waals surface area contributed by atoms with Crippen LogP contribution in [-0.4, -0.2) is 68.9 Å². The molecule has 4 heterocycles. The van der Waals surface area contributed by atoms with Crippen LogP contribution in [0.2, 0.25) is 0 Å². The van der Waals surface area contributed by atoms with Crippen LogP contribution >= 0.6 is 0 Å². The van der Waals surface area contributed by atoms with Crippen molar-refractivity contribution in [3.8, 4) is 5.75 Å². The molecule has 0 bridgehead atoms. The van der Waals surface area contributed by atoms with Crippen LogP contribution in [0.25, 0.3) is 11.0 Å². The summed E-state index contributed by atoms with van der Waals surface area (Å²) < 4.78 is 58.0. The van der Waals surface area contributed by atoms with Crippen molar-refractivity contribution in [1.29, 1.82) is 0 Å². The predicted octanol–water partition coefficient (Wildman–Crippen LogP) is 4.54. The molecule has 0 atom stereocenters. The minimum absolute atomic E-state index is 0.0723. The van der Waals surface area contributed by atoms with Gasteiger partial charge in [0.05, 0.1) is 19.0 Å². The molecule has 1 N–H and O–H groups in total. The first-order valence-corrected chi connectivity index (χ1v) is 13.1. The summed E-state index contributed by atoms with van der Waals surface area (Å²) in [4.78, 5) is 33.0. The average Bonchev–Trinajstić information content (AvgIpc) is 3.19. The molecule has 40 heavy (non-hydrogen) atoms. The molecule has 3 aromatic rings. The van der Waals surface area contributed by atoms with Crippen LogP contribution in [0.3, 0.4) is 0 Å². The fourth-order valence-electron chi connectivity index (χ4n) is 5.95. The van der Waals surface area contributed by atoms with Crippen LogP contribution in [0.4, 0.5) is 17.6 Å². The Bertz CT molecular complexity index is 1440. The van der Waals surface area contributed by atoms with Crippen LogP contribution in [-0.2, 0) is 28.1 Å². The Morgan fingerprint density at radius 3 is 2.55 bits per heavy atom. The van der Waals surface area contributed by atoms with Crippen molar-refractivity contribution < 1.29 is 37.0 Å². The molecule has 2 aliphatic heterocycles. The number of amides is 1. The van der Waals surface area contributed by atoms with Gasteiger partial charge in [-0.1, -0.05) is 19.9 Å². The van der Waals surface area contributed by atoms with Crippen molar-refractivity contribution >= 4 is 22.9 Å². The molecule has 1 saturated heterocycles. The van der Waals surface area contributed by atoms with E-state index in [4.69, 9.17) is 0 Å². The number of alkyl halides is 3. The van der Waals surface area contributed by atoms with E-state index >= 15 is 0 Å². The Kier molecular flexibility index (Phi) is 7.24. The highest BCUT2D eigenvalue weighted by molar-refractivity contribution is 5.85. The third kappa shape index (κ3) is 5.63. The number of carboxylic acids is 1. The number of carbonyl (C=O) groups is 2. The minimum Gasteiger partial charge on any atom is -0.481 e. The Balaban J connectivity index is 1.43. The molecule has 214 valence electrons. The van der Waals surface area contributed by atoms with E-state index in [0.29, 0.717) is 43.7 Å². The second-order valence-corrected chi connectivity index (χ2v) is 11.1. The summed E-state index contributed by atoms with van der Waals surface area (Å²) in [5, 5.41) is 10.2. The van der Waals surface area contributed by atoms with Gasteiger partial charge in [0.15, 0.2) is 11.6 Å². The van der Waals surface area contributed by atoms with E-state index in [2.05, 4.69) is 9.72 Å². The van der Waals surface area contributed by atoms with Crippen LogP contribution in [0.1, 0.15) is 43.5 Å². The van der Waals surface area contributed by atoms with Gasteiger partial charge in [0.25, 0.3) is 0 Å². The summed E-state index contributed by atoms with van der Waals surface area (Å²) in [5.41, 5.74) is 2.47. The number of hydrogen-bond acceptors (Lipinski definition) is 5. The molecule has 1 amide bonds. The Labute approximate surface area is 228 Å². The van der Waals surface area contributed by atoms with Crippen molar-refractivity contribution in [1.82, 2.24) is 19.4 Å². The number of aliphatic carboxylic acids is 1. The number of nitrogens with zero attached hydrogens (tertiary/aromatic N) is 4. The highest BCUT2D eigenvalue weighted by Crippen LogP contribution is 2.40. The highest BCUT2D eigenvalue weighted by atomic mass is 19.4. The van der Waals surface area contributed by atoms with Crippen molar-refractivity contribution in [2.24, 2.45) is 5.92 Å². The topological polar surface area (TPSA) is 87.9 Å². The number of carboxylic acid groups (broad SMARTS) is 1.